The largest absolute Gasteiger partial charge is 0.330 e. The van der Waals surface area contributed by atoms with Crippen LogP contribution in [0.15, 0.2) is 36.5 Å². The van der Waals surface area contributed by atoms with Crippen LogP contribution in [-0.2, 0) is 5.75 Å². The average Bonchev–Trinajstić information content (AvgIpc) is 2.35. The highest BCUT2D eigenvalue weighted by atomic mass is 32.2. The highest BCUT2D eigenvalue weighted by Gasteiger charge is 2.00. The summed E-state index contributed by atoms with van der Waals surface area (Å²) in [7, 11) is 0. The molecule has 0 aliphatic rings. The van der Waals surface area contributed by atoms with E-state index >= 15 is 0 Å². The third kappa shape index (κ3) is 2.74. The Morgan fingerprint density at radius 3 is 2.94 bits per heavy atom. The summed E-state index contributed by atoms with van der Waals surface area (Å²) in [5.74, 6) is 2.18. The molecule has 0 radical (unpaired) electrons. The molecule has 1 heterocycles. The molecule has 0 amide bonds. The van der Waals surface area contributed by atoms with Gasteiger partial charge in [0.25, 0.3) is 0 Å². The van der Waals surface area contributed by atoms with E-state index in [0.717, 1.165) is 30.0 Å². The summed E-state index contributed by atoms with van der Waals surface area (Å²) in [5, 5.41) is 1.27. The molecule has 0 atom stereocenters. The van der Waals surface area contributed by atoms with E-state index < -0.39 is 0 Å². The fourth-order valence-corrected chi connectivity index (χ4v) is 2.64. The third-order valence-electron chi connectivity index (χ3n) is 2.49. The number of nitrogens with zero attached hydrogens (tertiary/aromatic N) is 1. The van der Waals surface area contributed by atoms with Gasteiger partial charge >= 0.3 is 0 Å². The number of aromatic nitrogens is 1. The quantitative estimate of drug-likeness (QED) is 0.806. The van der Waals surface area contributed by atoms with Gasteiger partial charge in [0, 0.05) is 17.3 Å². The summed E-state index contributed by atoms with van der Waals surface area (Å²) >= 11 is 1.94. The second kappa shape index (κ2) is 5.87. The molecule has 2 aromatic rings. The molecule has 0 fully saturated rings. The maximum Gasteiger partial charge on any atom is 0.0705 e. The predicted octanol–water partition coefficient (Wildman–Crippen LogP) is 2.82. The van der Waals surface area contributed by atoms with Crippen LogP contribution in [0.3, 0.4) is 0 Å². The predicted molar refractivity (Wildman–Crippen MR) is 71.6 cm³/mol. The highest BCUT2D eigenvalue weighted by molar-refractivity contribution is 7.98. The number of pyridine rings is 1. The van der Waals surface area contributed by atoms with Crippen LogP contribution < -0.4 is 5.73 Å². The van der Waals surface area contributed by atoms with Crippen molar-refractivity contribution in [2.75, 3.05) is 12.3 Å². The molecular weight excluding hydrogens is 216 g/mol. The Labute approximate surface area is 100 Å². The van der Waals surface area contributed by atoms with E-state index in [4.69, 9.17) is 5.73 Å². The highest BCUT2D eigenvalue weighted by Crippen LogP contribution is 2.21. The first-order valence-electron chi connectivity index (χ1n) is 5.52. The second-order valence-electron chi connectivity index (χ2n) is 3.68. The van der Waals surface area contributed by atoms with Gasteiger partial charge in [0.1, 0.15) is 0 Å². The summed E-state index contributed by atoms with van der Waals surface area (Å²) in [6.45, 7) is 0.782. The molecule has 16 heavy (non-hydrogen) atoms. The molecule has 2 nitrogen and oxygen atoms in total. The Bertz CT molecular complexity index is 451. The molecular formula is C13H16N2S. The molecule has 3 heteroatoms. The Morgan fingerprint density at radius 2 is 2.06 bits per heavy atom. The fraction of sp³-hybridized carbons (Fsp3) is 0.308. The zero-order chi connectivity index (χ0) is 11.2. The molecule has 1 aromatic heterocycles. The van der Waals surface area contributed by atoms with E-state index in [1.165, 1.54) is 10.9 Å². The Morgan fingerprint density at radius 1 is 1.19 bits per heavy atom. The summed E-state index contributed by atoms with van der Waals surface area (Å²) < 4.78 is 0. The lowest BCUT2D eigenvalue weighted by Crippen LogP contribution is -1.99. The van der Waals surface area contributed by atoms with Gasteiger partial charge < -0.3 is 5.73 Å². The van der Waals surface area contributed by atoms with E-state index in [0.29, 0.717) is 0 Å². The summed E-state index contributed by atoms with van der Waals surface area (Å²) in [4.78, 5) is 4.36. The average molecular weight is 232 g/mol. The van der Waals surface area contributed by atoms with Gasteiger partial charge in [-0.2, -0.15) is 11.8 Å². The minimum Gasteiger partial charge on any atom is -0.330 e. The number of hydrogen-bond donors (Lipinski definition) is 1. The Kier molecular flexibility index (Phi) is 4.19. The summed E-state index contributed by atoms with van der Waals surface area (Å²) in [6.07, 6.45) is 2.98. The maximum atomic E-state index is 5.48. The van der Waals surface area contributed by atoms with Crippen LogP contribution in [0, 0.1) is 0 Å². The third-order valence-corrected chi connectivity index (χ3v) is 3.58. The first kappa shape index (κ1) is 11.4. The fourth-order valence-electron chi connectivity index (χ4n) is 1.65. The number of hydrogen-bond acceptors (Lipinski definition) is 3. The number of fused-ring (bicyclic) bond motifs is 1. The van der Waals surface area contributed by atoms with E-state index in [1.807, 2.05) is 24.0 Å². The molecule has 1 aromatic carbocycles. The van der Waals surface area contributed by atoms with Gasteiger partial charge in [0.05, 0.1) is 5.52 Å². The van der Waals surface area contributed by atoms with E-state index in [1.54, 1.807) is 0 Å². The number of benzene rings is 1. The molecule has 0 unspecified atom stereocenters. The van der Waals surface area contributed by atoms with Crippen LogP contribution in [0.2, 0.25) is 0 Å². The van der Waals surface area contributed by atoms with Crippen molar-refractivity contribution in [1.82, 2.24) is 4.98 Å². The van der Waals surface area contributed by atoms with Gasteiger partial charge in [0.15, 0.2) is 0 Å². The molecule has 2 rings (SSSR count). The Balaban J connectivity index is 2.11. The van der Waals surface area contributed by atoms with Crippen molar-refractivity contribution in [2.45, 2.75) is 12.2 Å². The lowest BCUT2D eigenvalue weighted by Gasteiger charge is -2.05. The SMILES string of the molecule is NCCCSCc1ccnc2ccccc12. The van der Waals surface area contributed by atoms with Crippen molar-refractivity contribution in [1.29, 1.82) is 0 Å². The van der Waals surface area contributed by atoms with Crippen LogP contribution >= 0.6 is 11.8 Å². The van der Waals surface area contributed by atoms with E-state index in [-0.39, 0.29) is 0 Å². The summed E-state index contributed by atoms with van der Waals surface area (Å²) in [6, 6.07) is 10.4. The summed E-state index contributed by atoms with van der Waals surface area (Å²) in [5.41, 5.74) is 7.93. The molecule has 0 saturated heterocycles. The second-order valence-corrected chi connectivity index (χ2v) is 4.79. The first-order valence-corrected chi connectivity index (χ1v) is 6.68. The van der Waals surface area contributed by atoms with Gasteiger partial charge in [-0.25, -0.2) is 0 Å². The number of para-hydroxylation sites is 1. The van der Waals surface area contributed by atoms with Crippen molar-refractivity contribution in [3.05, 3.63) is 42.1 Å². The van der Waals surface area contributed by atoms with Crippen LogP contribution in [0.25, 0.3) is 10.9 Å². The van der Waals surface area contributed by atoms with Gasteiger partial charge in [-0.05, 0) is 36.4 Å². The normalized spacial score (nSPS) is 10.8. The molecule has 0 aliphatic carbocycles. The standard InChI is InChI=1S/C13H16N2S/c14-7-3-9-16-10-11-6-8-15-13-5-2-1-4-12(11)13/h1-2,4-6,8H,3,7,9-10,14H2. The first-order chi connectivity index (χ1) is 7.92. The van der Waals surface area contributed by atoms with Crippen molar-refractivity contribution < 1.29 is 0 Å². The monoisotopic (exact) mass is 232 g/mol. The molecule has 0 bridgehead atoms. The zero-order valence-electron chi connectivity index (χ0n) is 9.23. The van der Waals surface area contributed by atoms with Crippen LogP contribution in [0.1, 0.15) is 12.0 Å². The van der Waals surface area contributed by atoms with Gasteiger partial charge in [-0.1, -0.05) is 18.2 Å². The number of thioether (sulfide) groups is 1. The maximum absolute atomic E-state index is 5.48. The van der Waals surface area contributed by atoms with Crippen molar-refractivity contribution in [3.8, 4) is 0 Å². The molecule has 84 valence electrons. The zero-order valence-corrected chi connectivity index (χ0v) is 10.0. The van der Waals surface area contributed by atoms with Crippen LogP contribution in [-0.4, -0.2) is 17.3 Å². The van der Waals surface area contributed by atoms with Gasteiger partial charge in [0.2, 0.25) is 0 Å². The minimum absolute atomic E-state index is 0.782. The number of rotatable bonds is 5. The van der Waals surface area contributed by atoms with Crippen LogP contribution in [0.5, 0.6) is 0 Å². The van der Waals surface area contributed by atoms with Gasteiger partial charge in [-0.15, -0.1) is 0 Å². The Hall–Kier alpha value is -1.06. The molecule has 0 saturated carbocycles. The number of nitrogens with two attached hydrogens (primary N) is 1. The van der Waals surface area contributed by atoms with Crippen molar-refractivity contribution in [2.24, 2.45) is 5.73 Å². The lowest BCUT2D eigenvalue weighted by molar-refractivity contribution is 0.943. The van der Waals surface area contributed by atoms with Crippen LogP contribution in [0.4, 0.5) is 0 Å². The lowest BCUT2D eigenvalue weighted by atomic mass is 10.1. The van der Waals surface area contributed by atoms with E-state index in [2.05, 4.69) is 29.2 Å². The minimum atomic E-state index is 0.782. The van der Waals surface area contributed by atoms with Crippen molar-refractivity contribution >= 4 is 22.7 Å². The van der Waals surface area contributed by atoms with E-state index in [9.17, 15) is 0 Å². The smallest absolute Gasteiger partial charge is 0.0705 e. The van der Waals surface area contributed by atoms with Gasteiger partial charge in [-0.3, -0.25) is 4.98 Å². The molecule has 0 spiro atoms. The van der Waals surface area contributed by atoms with Crippen molar-refractivity contribution in [3.63, 3.8) is 0 Å². The topological polar surface area (TPSA) is 38.9 Å². The molecule has 2 N–H and O–H groups in total. The molecule has 0 aliphatic heterocycles.